The highest BCUT2D eigenvalue weighted by atomic mass is 19.1. The minimum Gasteiger partial charge on any atom is -0.376 e. The van der Waals surface area contributed by atoms with E-state index in [1.54, 1.807) is 6.07 Å². The van der Waals surface area contributed by atoms with E-state index in [9.17, 15) is 9.18 Å². The summed E-state index contributed by atoms with van der Waals surface area (Å²) in [6.07, 6.45) is 0.872. The van der Waals surface area contributed by atoms with Crippen molar-refractivity contribution in [1.82, 2.24) is 10.1 Å². The average Bonchev–Trinajstić information content (AvgIpc) is 3.11. The van der Waals surface area contributed by atoms with Crippen LogP contribution in [0.15, 0.2) is 53.1 Å². The van der Waals surface area contributed by atoms with E-state index in [1.165, 1.54) is 12.1 Å². The van der Waals surface area contributed by atoms with Gasteiger partial charge in [-0.3, -0.25) is 4.79 Å². The first-order chi connectivity index (χ1) is 12.6. The standard InChI is InChI=1S/C19H19FN4O2/c1-2-17-23-19(26-24-17)12-21-14-8-9-15(20)16(11-14)22-18(25)10-13-6-4-3-5-7-13/h3-9,11,21H,2,10,12H2,1H3,(H,22,25). The predicted octanol–water partition coefficient (Wildman–Crippen LogP) is 3.56. The molecule has 3 aromatic rings. The molecule has 0 aliphatic heterocycles. The Balaban J connectivity index is 1.62. The van der Waals surface area contributed by atoms with E-state index < -0.39 is 5.82 Å². The molecule has 1 amide bonds. The number of carbonyl (C=O) groups is 1. The Morgan fingerprint density at radius 1 is 1.19 bits per heavy atom. The molecule has 6 nitrogen and oxygen atoms in total. The van der Waals surface area contributed by atoms with Crippen LogP contribution in [0.4, 0.5) is 15.8 Å². The quantitative estimate of drug-likeness (QED) is 0.678. The third-order valence-electron chi connectivity index (χ3n) is 3.72. The van der Waals surface area contributed by atoms with Crippen LogP contribution in [-0.2, 0) is 24.2 Å². The van der Waals surface area contributed by atoms with E-state index in [-0.39, 0.29) is 18.0 Å². The number of amides is 1. The van der Waals surface area contributed by atoms with Gasteiger partial charge >= 0.3 is 0 Å². The zero-order valence-corrected chi connectivity index (χ0v) is 14.3. The highest BCUT2D eigenvalue weighted by Crippen LogP contribution is 2.20. The molecule has 3 rings (SSSR count). The molecule has 0 aliphatic carbocycles. The summed E-state index contributed by atoms with van der Waals surface area (Å²) in [5.41, 5.74) is 1.62. The van der Waals surface area contributed by atoms with Gasteiger partial charge in [0.2, 0.25) is 11.8 Å². The van der Waals surface area contributed by atoms with Crippen LogP contribution in [0, 0.1) is 5.82 Å². The number of halogens is 1. The SMILES string of the molecule is CCc1noc(CNc2ccc(F)c(NC(=O)Cc3ccccc3)c2)n1. The van der Waals surface area contributed by atoms with Gasteiger partial charge in [-0.1, -0.05) is 42.4 Å². The highest BCUT2D eigenvalue weighted by Gasteiger charge is 2.10. The second kappa shape index (κ2) is 8.24. The molecule has 0 spiro atoms. The van der Waals surface area contributed by atoms with Crippen molar-refractivity contribution >= 4 is 17.3 Å². The van der Waals surface area contributed by atoms with Crippen molar-refractivity contribution in [2.45, 2.75) is 26.3 Å². The van der Waals surface area contributed by atoms with Gasteiger partial charge in [-0.2, -0.15) is 4.98 Å². The summed E-state index contributed by atoms with van der Waals surface area (Å²) < 4.78 is 19.1. The van der Waals surface area contributed by atoms with Crippen LogP contribution < -0.4 is 10.6 Å². The lowest BCUT2D eigenvalue weighted by Gasteiger charge is -2.10. The van der Waals surface area contributed by atoms with E-state index in [0.29, 0.717) is 30.4 Å². The first-order valence-corrected chi connectivity index (χ1v) is 8.32. The van der Waals surface area contributed by atoms with Gasteiger partial charge in [0.15, 0.2) is 5.82 Å². The first-order valence-electron chi connectivity index (χ1n) is 8.32. The monoisotopic (exact) mass is 354 g/mol. The molecule has 0 atom stereocenters. The maximum absolute atomic E-state index is 14.0. The summed E-state index contributed by atoms with van der Waals surface area (Å²) >= 11 is 0. The number of aromatic nitrogens is 2. The minimum atomic E-state index is -0.497. The number of hydrogen-bond donors (Lipinski definition) is 2. The Hall–Kier alpha value is -3.22. The van der Waals surface area contributed by atoms with Crippen molar-refractivity contribution in [2.75, 3.05) is 10.6 Å². The third kappa shape index (κ3) is 4.66. The maximum atomic E-state index is 14.0. The van der Waals surface area contributed by atoms with Crippen LogP contribution in [0.3, 0.4) is 0 Å². The molecule has 1 aromatic heterocycles. The molecule has 0 saturated carbocycles. The van der Waals surface area contributed by atoms with Gasteiger partial charge in [-0.15, -0.1) is 0 Å². The second-order valence-electron chi connectivity index (χ2n) is 5.72. The summed E-state index contributed by atoms with van der Waals surface area (Å²) in [6.45, 7) is 2.25. The fourth-order valence-electron chi connectivity index (χ4n) is 2.39. The summed E-state index contributed by atoms with van der Waals surface area (Å²) in [7, 11) is 0. The lowest BCUT2D eigenvalue weighted by atomic mass is 10.1. The van der Waals surface area contributed by atoms with Crippen LogP contribution in [0.25, 0.3) is 0 Å². The lowest BCUT2D eigenvalue weighted by Crippen LogP contribution is -2.15. The van der Waals surface area contributed by atoms with Crippen LogP contribution in [0.1, 0.15) is 24.2 Å². The van der Waals surface area contributed by atoms with Crippen molar-refractivity contribution in [3.63, 3.8) is 0 Å². The molecule has 0 unspecified atom stereocenters. The van der Waals surface area contributed by atoms with Gasteiger partial charge in [0.25, 0.3) is 0 Å². The molecule has 2 aromatic carbocycles. The van der Waals surface area contributed by atoms with Crippen LogP contribution >= 0.6 is 0 Å². The van der Waals surface area contributed by atoms with Gasteiger partial charge in [-0.05, 0) is 23.8 Å². The highest BCUT2D eigenvalue weighted by molar-refractivity contribution is 5.92. The zero-order chi connectivity index (χ0) is 18.4. The number of nitrogens with one attached hydrogen (secondary N) is 2. The van der Waals surface area contributed by atoms with Gasteiger partial charge in [-0.25, -0.2) is 4.39 Å². The van der Waals surface area contributed by atoms with E-state index in [0.717, 1.165) is 5.56 Å². The number of rotatable bonds is 7. The fourth-order valence-corrected chi connectivity index (χ4v) is 2.39. The van der Waals surface area contributed by atoms with Gasteiger partial charge in [0.1, 0.15) is 5.82 Å². The second-order valence-corrected chi connectivity index (χ2v) is 5.72. The molecule has 0 radical (unpaired) electrons. The molecule has 0 fully saturated rings. The predicted molar refractivity (Wildman–Crippen MR) is 96.2 cm³/mol. The fraction of sp³-hybridized carbons (Fsp3) is 0.211. The number of hydrogen-bond acceptors (Lipinski definition) is 5. The van der Waals surface area contributed by atoms with Crippen LogP contribution in [0.5, 0.6) is 0 Å². The van der Waals surface area contributed by atoms with E-state index in [2.05, 4.69) is 20.8 Å². The molecule has 7 heteroatoms. The van der Waals surface area contributed by atoms with Crippen molar-refractivity contribution in [1.29, 1.82) is 0 Å². The summed E-state index contributed by atoms with van der Waals surface area (Å²) in [5, 5.41) is 9.49. The molecule has 0 saturated heterocycles. The summed E-state index contributed by atoms with van der Waals surface area (Å²) in [6, 6.07) is 13.7. The Labute approximate surface area is 150 Å². The van der Waals surface area contributed by atoms with Crippen molar-refractivity contribution < 1.29 is 13.7 Å². The van der Waals surface area contributed by atoms with Crippen LogP contribution in [0.2, 0.25) is 0 Å². The molecule has 2 N–H and O–H groups in total. The normalized spacial score (nSPS) is 10.5. The minimum absolute atomic E-state index is 0.121. The Morgan fingerprint density at radius 3 is 2.73 bits per heavy atom. The maximum Gasteiger partial charge on any atom is 0.245 e. The van der Waals surface area contributed by atoms with Gasteiger partial charge in [0.05, 0.1) is 18.7 Å². The lowest BCUT2D eigenvalue weighted by molar-refractivity contribution is -0.115. The van der Waals surface area contributed by atoms with Crippen LogP contribution in [-0.4, -0.2) is 16.0 Å². The molecular weight excluding hydrogens is 335 g/mol. The van der Waals surface area contributed by atoms with Gasteiger partial charge < -0.3 is 15.2 Å². The third-order valence-corrected chi connectivity index (χ3v) is 3.72. The Bertz CT molecular complexity index is 880. The summed E-state index contributed by atoms with van der Waals surface area (Å²) in [5.74, 6) is 0.301. The van der Waals surface area contributed by atoms with Crippen molar-refractivity contribution in [3.05, 3.63) is 71.6 Å². The zero-order valence-electron chi connectivity index (χ0n) is 14.3. The number of aryl methyl sites for hydroxylation is 1. The molecule has 0 bridgehead atoms. The topological polar surface area (TPSA) is 80.0 Å². The smallest absolute Gasteiger partial charge is 0.245 e. The van der Waals surface area contributed by atoms with Crippen molar-refractivity contribution in [2.24, 2.45) is 0 Å². The number of carbonyl (C=O) groups excluding carboxylic acids is 1. The number of nitrogens with zero attached hydrogens (tertiary/aromatic N) is 2. The number of anilines is 2. The van der Waals surface area contributed by atoms with E-state index in [4.69, 9.17) is 4.52 Å². The van der Waals surface area contributed by atoms with Gasteiger partial charge in [0, 0.05) is 12.1 Å². The number of benzene rings is 2. The molecule has 1 heterocycles. The Kier molecular flexibility index (Phi) is 5.58. The first kappa shape index (κ1) is 17.6. The Morgan fingerprint density at radius 2 is 2.00 bits per heavy atom. The van der Waals surface area contributed by atoms with E-state index >= 15 is 0 Å². The largest absolute Gasteiger partial charge is 0.376 e. The van der Waals surface area contributed by atoms with E-state index in [1.807, 2.05) is 37.3 Å². The molecule has 134 valence electrons. The van der Waals surface area contributed by atoms with Crippen molar-refractivity contribution in [3.8, 4) is 0 Å². The summed E-state index contributed by atoms with van der Waals surface area (Å²) in [4.78, 5) is 16.3. The average molecular weight is 354 g/mol. The molecule has 26 heavy (non-hydrogen) atoms. The molecule has 0 aliphatic rings. The molecular formula is C19H19FN4O2.